The van der Waals surface area contributed by atoms with Crippen LogP contribution in [0, 0.1) is 11.2 Å². The molecule has 2 heteroatoms. The summed E-state index contributed by atoms with van der Waals surface area (Å²) in [6, 6.07) is 16.0. The number of benzene rings is 2. The van der Waals surface area contributed by atoms with Crippen molar-refractivity contribution >= 4 is 0 Å². The molecule has 0 amide bonds. The fraction of sp³-hybridized carbons (Fsp3) is 0.368. The first-order valence-corrected chi connectivity index (χ1v) is 7.80. The second-order valence-electron chi connectivity index (χ2n) is 6.54. The molecule has 2 aliphatic rings. The summed E-state index contributed by atoms with van der Waals surface area (Å²) in [5.41, 5.74) is 4.60. The third-order valence-corrected chi connectivity index (χ3v) is 5.36. The normalized spacial score (nSPS) is 23.2. The summed E-state index contributed by atoms with van der Waals surface area (Å²) in [6.45, 7) is 2.09. The van der Waals surface area contributed by atoms with Gasteiger partial charge in [-0.25, -0.2) is 4.39 Å². The van der Waals surface area contributed by atoms with Crippen molar-refractivity contribution in [1.82, 2.24) is 5.32 Å². The van der Waals surface area contributed by atoms with Gasteiger partial charge in [0, 0.05) is 12.5 Å². The first-order valence-electron chi connectivity index (χ1n) is 7.80. The van der Waals surface area contributed by atoms with Crippen LogP contribution in [-0.4, -0.2) is 13.1 Å². The highest BCUT2D eigenvalue weighted by Gasteiger charge is 2.45. The van der Waals surface area contributed by atoms with Crippen molar-refractivity contribution in [2.24, 2.45) is 5.41 Å². The van der Waals surface area contributed by atoms with Crippen LogP contribution >= 0.6 is 0 Å². The Morgan fingerprint density at radius 3 is 2.29 bits per heavy atom. The maximum atomic E-state index is 13.2. The molecule has 1 saturated heterocycles. The average molecular weight is 281 g/mol. The molecule has 1 fully saturated rings. The molecular weight excluding hydrogens is 261 g/mol. The van der Waals surface area contributed by atoms with E-state index in [9.17, 15) is 4.39 Å². The van der Waals surface area contributed by atoms with Crippen LogP contribution in [0.1, 0.15) is 29.0 Å². The lowest BCUT2D eigenvalue weighted by molar-refractivity contribution is 0.175. The summed E-state index contributed by atoms with van der Waals surface area (Å²) in [5.74, 6) is 0.325. The molecule has 2 aromatic rings. The van der Waals surface area contributed by atoms with Crippen molar-refractivity contribution in [3.05, 3.63) is 71.0 Å². The van der Waals surface area contributed by atoms with E-state index in [0.29, 0.717) is 11.3 Å². The molecule has 0 aromatic heterocycles. The summed E-state index contributed by atoms with van der Waals surface area (Å²) >= 11 is 0. The van der Waals surface area contributed by atoms with E-state index in [0.717, 1.165) is 25.9 Å². The molecule has 1 nitrogen and oxygen atoms in total. The Kier molecular flexibility index (Phi) is 3.07. The van der Waals surface area contributed by atoms with E-state index in [1.54, 1.807) is 12.1 Å². The zero-order valence-electron chi connectivity index (χ0n) is 12.1. The molecule has 0 saturated carbocycles. The minimum absolute atomic E-state index is 0.147. The monoisotopic (exact) mass is 281 g/mol. The maximum absolute atomic E-state index is 13.2. The minimum atomic E-state index is -0.147. The fourth-order valence-corrected chi connectivity index (χ4v) is 4.29. The summed E-state index contributed by atoms with van der Waals surface area (Å²) in [6.07, 6.45) is 3.52. The third-order valence-electron chi connectivity index (χ3n) is 5.36. The highest BCUT2D eigenvalue weighted by atomic mass is 19.1. The van der Waals surface area contributed by atoms with Crippen molar-refractivity contribution in [3.8, 4) is 0 Å². The van der Waals surface area contributed by atoms with Crippen LogP contribution in [0.5, 0.6) is 0 Å². The van der Waals surface area contributed by atoms with Gasteiger partial charge < -0.3 is 5.32 Å². The summed E-state index contributed by atoms with van der Waals surface area (Å²) in [7, 11) is 0. The lowest BCUT2D eigenvalue weighted by Gasteiger charge is -2.42. The Morgan fingerprint density at radius 1 is 0.952 bits per heavy atom. The van der Waals surface area contributed by atoms with Crippen molar-refractivity contribution in [2.75, 3.05) is 13.1 Å². The molecule has 4 rings (SSSR count). The van der Waals surface area contributed by atoms with Gasteiger partial charge in [0.15, 0.2) is 0 Å². The van der Waals surface area contributed by atoms with E-state index in [-0.39, 0.29) is 5.82 Å². The van der Waals surface area contributed by atoms with Crippen molar-refractivity contribution in [1.29, 1.82) is 0 Å². The largest absolute Gasteiger partial charge is 0.316 e. The zero-order chi connectivity index (χ0) is 14.3. The predicted molar refractivity (Wildman–Crippen MR) is 82.9 cm³/mol. The van der Waals surface area contributed by atoms with Crippen LogP contribution in [0.25, 0.3) is 0 Å². The van der Waals surface area contributed by atoms with E-state index in [1.807, 2.05) is 12.1 Å². The van der Waals surface area contributed by atoms with Crippen molar-refractivity contribution in [2.45, 2.75) is 25.2 Å². The minimum Gasteiger partial charge on any atom is -0.316 e. The molecule has 1 aliphatic heterocycles. The first-order chi connectivity index (χ1) is 10.3. The van der Waals surface area contributed by atoms with Crippen LogP contribution in [0.3, 0.4) is 0 Å². The first kappa shape index (κ1) is 13.0. The van der Waals surface area contributed by atoms with Gasteiger partial charge >= 0.3 is 0 Å². The third kappa shape index (κ3) is 2.18. The van der Waals surface area contributed by atoms with E-state index >= 15 is 0 Å². The van der Waals surface area contributed by atoms with Crippen molar-refractivity contribution < 1.29 is 4.39 Å². The molecular formula is C19H20FN. The lowest BCUT2D eigenvalue weighted by atomic mass is 9.66. The van der Waals surface area contributed by atoms with Gasteiger partial charge in [0.05, 0.1) is 0 Å². The molecule has 1 atom stereocenters. The topological polar surface area (TPSA) is 12.0 Å². The second-order valence-corrected chi connectivity index (χ2v) is 6.54. The maximum Gasteiger partial charge on any atom is 0.123 e. The molecule has 1 aliphatic carbocycles. The number of nitrogens with one attached hydrogen (secondary N) is 1. The summed E-state index contributed by atoms with van der Waals surface area (Å²) in [5, 5.41) is 3.53. The van der Waals surface area contributed by atoms with Gasteiger partial charge in [0.2, 0.25) is 0 Å². The Labute approximate surface area is 125 Å². The Hall–Kier alpha value is -1.67. The average Bonchev–Trinajstić information content (AvgIpc) is 2.87. The smallest absolute Gasteiger partial charge is 0.123 e. The van der Waals surface area contributed by atoms with Crippen LogP contribution in [0.2, 0.25) is 0 Å². The molecule has 1 unspecified atom stereocenters. The number of halogens is 1. The molecule has 0 radical (unpaired) electrons. The molecule has 21 heavy (non-hydrogen) atoms. The van der Waals surface area contributed by atoms with Gasteiger partial charge in [0.1, 0.15) is 5.82 Å². The highest BCUT2D eigenvalue weighted by Crippen LogP contribution is 2.50. The van der Waals surface area contributed by atoms with Gasteiger partial charge in [-0.2, -0.15) is 0 Å². The quantitative estimate of drug-likeness (QED) is 0.840. The van der Waals surface area contributed by atoms with E-state index in [4.69, 9.17) is 0 Å². The van der Waals surface area contributed by atoms with Gasteiger partial charge in [-0.3, -0.25) is 0 Å². The molecule has 0 bridgehead atoms. The van der Waals surface area contributed by atoms with E-state index in [2.05, 4.69) is 29.6 Å². The predicted octanol–water partition coefficient (Wildman–Crippen LogP) is 3.69. The van der Waals surface area contributed by atoms with Gasteiger partial charge in [-0.1, -0.05) is 36.4 Å². The molecule has 1 heterocycles. The highest BCUT2D eigenvalue weighted by molar-refractivity contribution is 5.38. The summed E-state index contributed by atoms with van der Waals surface area (Å²) in [4.78, 5) is 0. The fourth-order valence-electron chi connectivity index (χ4n) is 4.29. The van der Waals surface area contributed by atoms with Crippen molar-refractivity contribution in [3.63, 3.8) is 0 Å². The van der Waals surface area contributed by atoms with Crippen LogP contribution in [0.4, 0.5) is 4.39 Å². The van der Waals surface area contributed by atoms with Crippen LogP contribution in [0.15, 0.2) is 48.5 Å². The van der Waals surface area contributed by atoms with Gasteiger partial charge in [-0.05, 0) is 60.0 Å². The van der Waals surface area contributed by atoms with Crippen LogP contribution in [-0.2, 0) is 12.8 Å². The number of rotatable bonds is 1. The molecule has 108 valence electrons. The number of piperidine rings is 1. The molecule has 1 spiro atoms. The second kappa shape index (κ2) is 4.96. The summed E-state index contributed by atoms with van der Waals surface area (Å²) < 4.78 is 13.2. The molecule has 2 aromatic carbocycles. The Balaban J connectivity index is 1.71. The molecule has 1 N–H and O–H groups in total. The standard InChI is InChI=1S/C19H20FN/c20-17-7-5-14(6-8-17)18-13-21-10-9-19(18)11-15-3-1-2-4-16(15)12-19/h1-8,18,21H,9-13H2. The van der Waals surface area contributed by atoms with Crippen LogP contribution < -0.4 is 5.32 Å². The van der Waals surface area contributed by atoms with E-state index in [1.165, 1.54) is 23.1 Å². The van der Waals surface area contributed by atoms with Gasteiger partial charge in [0.25, 0.3) is 0 Å². The Morgan fingerprint density at radius 2 is 1.62 bits per heavy atom. The lowest BCUT2D eigenvalue weighted by Crippen LogP contribution is -2.44. The Bertz CT molecular complexity index is 622. The number of hydrogen-bond donors (Lipinski definition) is 1. The number of hydrogen-bond acceptors (Lipinski definition) is 1. The van der Waals surface area contributed by atoms with E-state index < -0.39 is 0 Å². The zero-order valence-corrected chi connectivity index (χ0v) is 12.1. The van der Waals surface area contributed by atoms with Gasteiger partial charge in [-0.15, -0.1) is 0 Å². The SMILES string of the molecule is Fc1ccc(C2CNCCC23Cc2ccccc2C3)cc1. The number of fused-ring (bicyclic) bond motifs is 1.